The molecule has 0 aromatic heterocycles. The molecule has 0 saturated carbocycles. The van der Waals surface area contributed by atoms with Gasteiger partial charge in [-0.25, -0.2) is 4.57 Å². The summed E-state index contributed by atoms with van der Waals surface area (Å²) in [6.45, 7) is 3.45. The number of aliphatic hydroxyl groups excluding tert-OH is 2. The van der Waals surface area contributed by atoms with Crippen molar-refractivity contribution in [2.75, 3.05) is 33.0 Å². The van der Waals surface area contributed by atoms with Crippen molar-refractivity contribution < 1.29 is 43.0 Å². The monoisotopic (exact) mass is 747 g/mol. The van der Waals surface area contributed by atoms with Crippen LogP contribution in [0.25, 0.3) is 0 Å². The van der Waals surface area contributed by atoms with E-state index in [1.165, 1.54) is 116 Å². The minimum atomic E-state index is -4.51. The maximum atomic E-state index is 12.6. The van der Waals surface area contributed by atoms with Gasteiger partial charge in [0.2, 0.25) is 0 Å². The van der Waals surface area contributed by atoms with Crippen LogP contribution in [0.5, 0.6) is 0 Å². The fraction of sp³-hybridized carbons (Fsp3) is 0.878. The van der Waals surface area contributed by atoms with Crippen molar-refractivity contribution in [2.24, 2.45) is 0 Å². The summed E-state index contributed by atoms with van der Waals surface area (Å²) in [6.07, 6.45) is 38.5. The molecule has 0 rings (SSSR count). The zero-order valence-corrected chi connectivity index (χ0v) is 33.7. The van der Waals surface area contributed by atoms with E-state index in [9.17, 15) is 19.4 Å². The number of carbonyl (C=O) groups excluding carboxylic acids is 1. The molecule has 0 fully saturated rings. The number of hydrogen-bond donors (Lipinski definition) is 3. The van der Waals surface area contributed by atoms with Crippen LogP contribution in [-0.2, 0) is 27.9 Å². The summed E-state index contributed by atoms with van der Waals surface area (Å²) in [5.41, 5.74) is 0. The molecule has 3 N–H and O–H groups in total. The molecule has 3 unspecified atom stereocenters. The lowest BCUT2D eigenvalue weighted by atomic mass is 10.1. The Morgan fingerprint density at radius 1 is 0.588 bits per heavy atom. The summed E-state index contributed by atoms with van der Waals surface area (Å²) in [7, 11) is -4.51. The molecule has 0 heterocycles. The number of ether oxygens (including phenoxy) is 2. The van der Waals surface area contributed by atoms with Gasteiger partial charge in [-0.2, -0.15) is 0 Å². The third kappa shape index (κ3) is 38.5. The smallest absolute Gasteiger partial charge is 0.457 e. The lowest BCUT2D eigenvalue weighted by molar-refractivity contribution is -0.154. The predicted octanol–water partition coefficient (Wildman–Crippen LogP) is 11.1. The summed E-state index contributed by atoms with van der Waals surface area (Å²) in [5.74, 6) is -0.387. The highest BCUT2D eigenvalue weighted by Gasteiger charge is 2.26. The van der Waals surface area contributed by atoms with E-state index in [1.807, 2.05) is 0 Å². The highest BCUT2D eigenvalue weighted by atomic mass is 31.2. The molecule has 51 heavy (non-hydrogen) atoms. The fourth-order valence-electron chi connectivity index (χ4n) is 5.65. The van der Waals surface area contributed by atoms with Crippen LogP contribution in [0, 0.1) is 0 Å². The van der Waals surface area contributed by atoms with E-state index in [2.05, 4.69) is 38.2 Å². The van der Waals surface area contributed by atoms with Crippen LogP contribution >= 0.6 is 7.82 Å². The molecule has 0 aromatic carbocycles. The van der Waals surface area contributed by atoms with Gasteiger partial charge in [-0.1, -0.05) is 147 Å². The van der Waals surface area contributed by atoms with E-state index in [0.29, 0.717) is 6.61 Å². The molecule has 0 saturated heterocycles. The number of aliphatic hydroxyl groups is 2. The quantitative estimate of drug-likeness (QED) is 0.0242. The maximum absolute atomic E-state index is 12.6. The number of phosphoric acid groups is 1. The number of phosphoric ester groups is 1. The van der Waals surface area contributed by atoms with Crippen molar-refractivity contribution in [3.05, 3.63) is 24.3 Å². The van der Waals surface area contributed by atoms with Gasteiger partial charge in [0.05, 0.1) is 26.4 Å². The van der Waals surface area contributed by atoms with Gasteiger partial charge < -0.3 is 24.6 Å². The summed E-state index contributed by atoms with van der Waals surface area (Å²) in [5, 5.41) is 18.3. The Morgan fingerprint density at radius 2 is 1.04 bits per heavy atom. The molecule has 3 atom stereocenters. The van der Waals surface area contributed by atoms with E-state index in [1.54, 1.807) is 0 Å². The normalized spacial score (nSPS) is 14.4. The average Bonchev–Trinajstić information content (AvgIpc) is 3.12. The van der Waals surface area contributed by atoms with Crippen LogP contribution in [0.2, 0.25) is 0 Å². The summed E-state index contributed by atoms with van der Waals surface area (Å²) < 4.78 is 33.3. The lowest BCUT2D eigenvalue weighted by Gasteiger charge is -2.20. The van der Waals surface area contributed by atoms with Crippen molar-refractivity contribution in [2.45, 2.75) is 199 Å². The van der Waals surface area contributed by atoms with Crippen LogP contribution in [0.3, 0.4) is 0 Å². The summed E-state index contributed by atoms with van der Waals surface area (Å²) in [4.78, 5) is 22.5. The van der Waals surface area contributed by atoms with Crippen molar-refractivity contribution >= 4 is 13.8 Å². The summed E-state index contributed by atoms with van der Waals surface area (Å²) >= 11 is 0. The van der Waals surface area contributed by atoms with Gasteiger partial charge >= 0.3 is 13.8 Å². The third-order valence-corrected chi connectivity index (χ3v) is 9.79. The molecule has 0 aliphatic carbocycles. The van der Waals surface area contributed by atoms with E-state index < -0.39 is 33.2 Å². The number of unbranched alkanes of at least 4 members (excludes halogenated alkanes) is 22. The van der Waals surface area contributed by atoms with Crippen molar-refractivity contribution in [1.82, 2.24) is 0 Å². The molecule has 0 aliphatic rings. The number of rotatable bonds is 40. The molecule has 0 amide bonds. The molecule has 9 nitrogen and oxygen atoms in total. The molecule has 0 radical (unpaired) electrons. The van der Waals surface area contributed by atoms with Gasteiger partial charge in [0.1, 0.15) is 12.2 Å². The van der Waals surface area contributed by atoms with Crippen molar-refractivity contribution in [3.8, 4) is 0 Å². The number of hydrogen-bond acceptors (Lipinski definition) is 8. The zero-order valence-electron chi connectivity index (χ0n) is 32.8. The van der Waals surface area contributed by atoms with Crippen LogP contribution in [0.15, 0.2) is 24.3 Å². The highest BCUT2D eigenvalue weighted by Crippen LogP contribution is 2.43. The van der Waals surface area contributed by atoms with Gasteiger partial charge in [-0.05, 0) is 57.8 Å². The Balaban J connectivity index is 4.13. The molecule has 0 aromatic rings. The number of carbonyl (C=O) groups is 1. The minimum Gasteiger partial charge on any atom is -0.457 e. The Hall–Kier alpha value is -1.06. The van der Waals surface area contributed by atoms with Gasteiger partial charge in [0.15, 0.2) is 0 Å². The van der Waals surface area contributed by atoms with E-state index >= 15 is 0 Å². The van der Waals surface area contributed by atoms with Crippen LogP contribution < -0.4 is 0 Å². The standard InChI is InChI=1S/C41H79O9P/c1-3-5-7-9-11-13-15-16-17-18-19-20-21-22-23-25-27-29-31-33-41(44)50-40(38-49-51(45,46)48-36-39(43)35-42)37-47-34-32-30-28-26-24-14-12-10-8-6-4-2/h8,10,16-17,39-40,42-43H,3-7,9,11-15,18-38H2,1-2H3,(H,45,46)/b10-8-,17-16-. The highest BCUT2D eigenvalue weighted by molar-refractivity contribution is 7.47. The second-order valence-corrected chi connectivity index (χ2v) is 15.5. The second kappa shape index (κ2) is 38.7. The van der Waals surface area contributed by atoms with Gasteiger partial charge in [-0.15, -0.1) is 0 Å². The molecular weight excluding hydrogens is 667 g/mol. The first kappa shape index (κ1) is 49.9. The Labute approximate surface area is 313 Å². The Bertz CT molecular complexity index is 851. The Kier molecular flexibility index (Phi) is 37.9. The first-order valence-electron chi connectivity index (χ1n) is 20.8. The van der Waals surface area contributed by atoms with Crippen LogP contribution in [0.1, 0.15) is 187 Å². The zero-order chi connectivity index (χ0) is 37.5. The molecule has 302 valence electrons. The van der Waals surface area contributed by atoms with Gasteiger partial charge in [-0.3, -0.25) is 13.8 Å². The fourth-order valence-corrected chi connectivity index (χ4v) is 6.44. The molecule has 10 heteroatoms. The van der Waals surface area contributed by atoms with Crippen molar-refractivity contribution in [1.29, 1.82) is 0 Å². The van der Waals surface area contributed by atoms with Crippen LogP contribution in [-0.4, -0.2) is 66.3 Å². The summed E-state index contributed by atoms with van der Waals surface area (Å²) in [6, 6.07) is 0. The number of allylic oxidation sites excluding steroid dienone is 4. The average molecular weight is 747 g/mol. The maximum Gasteiger partial charge on any atom is 0.472 e. The van der Waals surface area contributed by atoms with Gasteiger partial charge in [0.25, 0.3) is 0 Å². The SMILES string of the molecule is CCC/C=C\CCCCCCCCOCC(COP(=O)(O)OCC(O)CO)OC(=O)CCCCCCCCCCC/C=C\CCCCCCCC. The van der Waals surface area contributed by atoms with E-state index in [0.717, 1.165) is 51.4 Å². The minimum absolute atomic E-state index is 0.0462. The van der Waals surface area contributed by atoms with E-state index in [4.69, 9.17) is 23.6 Å². The first-order chi connectivity index (χ1) is 24.8. The largest absolute Gasteiger partial charge is 0.472 e. The van der Waals surface area contributed by atoms with E-state index in [-0.39, 0.29) is 25.6 Å². The lowest BCUT2D eigenvalue weighted by Crippen LogP contribution is -2.29. The van der Waals surface area contributed by atoms with Gasteiger partial charge in [0, 0.05) is 13.0 Å². The predicted molar refractivity (Wildman–Crippen MR) is 210 cm³/mol. The number of esters is 1. The molecule has 0 aliphatic heterocycles. The second-order valence-electron chi connectivity index (χ2n) is 14.0. The Morgan fingerprint density at radius 3 is 1.55 bits per heavy atom. The molecule has 0 spiro atoms. The molecule has 0 bridgehead atoms. The van der Waals surface area contributed by atoms with Crippen molar-refractivity contribution in [3.63, 3.8) is 0 Å². The van der Waals surface area contributed by atoms with Crippen LogP contribution in [0.4, 0.5) is 0 Å². The first-order valence-corrected chi connectivity index (χ1v) is 22.3. The molecular formula is C41H79O9P. The third-order valence-electron chi connectivity index (χ3n) is 8.84. The topological polar surface area (TPSA) is 132 Å².